The van der Waals surface area contributed by atoms with Crippen LogP contribution in [0.15, 0.2) is 29.3 Å². The zero-order valence-electron chi connectivity index (χ0n) is 18.0. The van der Waals surface area contributed by atoms with Crippen molar-refractivity contribution < 1.29 is 9.53 Å². The first-order valence-corrected chi connectivity index (χ1v) is 10.8. The van der Waals surface area contributed by atoms with Crippen molar-refractivity contribution in [2.45, 2.75) is 45.3 Å². The van der Waals surface area contributed by atoms with Gasteiger partial charge in [-0.1, -0.05) is 19.1 Å². The number of rotatable bonds is 6. The Morgan fingerprint density at radius 2 is 2.10 bits per heavy atom. The fourth-order valence-corrected chi connectivity index (χ4v) is 3.92. The van der Waals surface area contributed by atoms with E-state index in [1.807, 2.05) is 38.2 Å². The lowest BCUT2D eigenvalue weighted by Gasteiger charge is -2.32. The zero-order chi connectivity index (χ0) is 20.6. The zero-order valence-corrected chi connectivity index (χ0v) is 18.0. The summed E-state index contributed by atoms with van der Waals surface area (Å²) < 4.78 is 5.48. The molecule has 0 radical (unpaired) electrons. The van der Waals surface area contributed by atoms with E-state index in [0.717, 1.165) is 63.8 Å². The Bertz CT molecular complexity index is 702. The highest BCUT2D eigenvalue weighted by Crippen LogP contribution is 2.17. The van der Waals surface area contributed by atoms with Gasteiger partial charge in [-0.25, -0.2) is 0 Å². The molecule has 0 spiro atoms. The van der Waals surface area contributed by atoms with Crippen molar-refractivity contribution in [3.8, 4) is 0 Å². The molecule has 7 heteroatoms. The molecule has 2 heterocycles. The number of aliphatic imine (C=N–C) groups is 1. The van der Waals surface area contributed by atoms with Crippen molar-refractivity contribution in [1.82, 2.24) is 20.4 Å². The number of benzene rings is 1. The molecule has 2 atom stereocenters. The molecule has 2 aliphatic rings. The molecule has 2 N–H and O–H groups in total. The Kier molecular flexibility index (Phi) is 7.89. The minimum atomic E-state index is -0.0153. The molecular formula is C22H35N5O2. The summed E-state index contributed by atoms with van der Waals surface area (Å²) in [5, 5.41) is 6.50. The van der Waals surface area contributed by atoms with Crippen LogP contribution in [-0.4, -0.2) is 80.2 Å². The highest BCUT2D eigenvalue weighted by atomic mass is 16.5. The van der Waals surface area contributed by atoms with Crippen LogP contribution in [0.1, 0.15) is 42.6 Å². The maximum absolute atomic E-state index is 12.4. The third-order valence-corrected chi connectivity index (χ3v) is 5.87. The number of morpholine rings is 1. The van der Waals surface area contributed by atoms with Gasteiger partial charge in [0.15, 0.2) is 5.96 Å². The van der Waals surface area contributed by atoms with E-state index in [4.69, 9.17) is 4.74 Å². The topological polar surface area (TPSA) is 69.2 Å². The predicted octanol–water partition coefficient (Wildman–Crippen LogP) is 1.70. The van der Waals surface area contributed by atoms with Crippen LogP contribution in [0.3, 0.4) is 0 Å². The number of ether oxygens (including phenoxy) is 1. The molecule has 1 amide bonds. The lowest BCUT2D eigenvalue weighted by atomic mass is 10.1. The summed E-state index contributed by atoms with van der Waals surface area (Å²) in [5.41, 5.74) is 1.78. The normalized spacial score (nSPS) is 21.8. The SMILES string of the molecule is CCC(C)NC(=O)c1cccc(CNC(=NC)N2CCC(N3CCOCC3)C2)c1. The molecule has 29 heavy (non-hydrogen) atoms. The average molecular weight is 402 g/mol. The van der Waals surface area contributed by atoms with Crippen molar-refractivity contribution in [2.75, 3.05) is 46.4 Å². The van der Waals surface area contributed by atoms with Crippen molar-refractivity contribution >= 4 is 11.9 Å². The van der Waals surface area contributed by atoms with E-state index >= 15 is 0 Å². The second-order valence-corrected chi connectivity index (χ2v) is 7.92. The Balaban J connectivity index is 1.53. The van der Waals surface area contributed by atoms with E-state index in [1.165, 1.54) is 0 Å². The van der Waals surface area contributed by atoms with Crippen LogP contribution in [0.4, 0.5) is 0 Å². The van der Waals surface area contributed by atoms with Gasteiger partial charge in [0.1, 0.15) is 0 Å². The molecule has 1 aromatic rings. The fourth-order valence-electron chi connectivity index (χ4n) is 3.92. The van der Waals surface area contributed by atoms with Gasteiger partial charge in [0.2, 0.25) is 0 Å². The van der Waals surface area contributed by atoms with Gasteiger partial charge >= 0.3 is 0 Å². The van der Waals surface area contributed by atoms with Gasteiger partial charge in [0.25, 0.3) is 5.91 Å². The summed E-state index contributed by atoms with van der Waals surface area (Å²) in [6, 6.07) is 8.56. The van der Waals surface area contributed by atoms with Gasteiger partial charge < -0.3 is 20.3 Å². The van der Waals surface area contributed by atoms with E-state index in [2.05, 4.69) is 32.3 Å². The first-order chi connectivity index (χ1) is 14.1. The van der Waals surface area contributed by atoms with Gasteiger partial charge in [0, 0.05) is 57.4 Å². The Hall–Kier alpha value is -2.12. The molecule has 0 aromatic heterocycles. The second kappa shape index (κ2) is 10.6. The molecule has 0 bridgehead atoms. The lowest BCUT2D eigenvalue weighted by molar-refractivity contribution is 0.0195. The molecule has 3 rings (SSSR count). The number of nitrogens with one attached hydrogen (secondary N) is 2. The van der Waals surface area contributed by atoms with E-state index in [9.17, 15) is 4.79 Å². The van der Waals surface area contributed by atoms with Crippen molar-refractivity contribution in [1.29, 1.82) is 0 Å². The van der Waals surface area contributed by atoms with Crippen molar-refractivity contribution in [3.63, 3.8) is 0 Å². The monoisotopic (exact) mass is 401 g/mol. The summed E-state index contributed by atoms with van der Waals surface area (Å²) in [5.74, 6) is 0.911. The van der Waals surface area contributed by atoms with Gasteiger partial charge in [-0.2, -0.15) is 0 Å². The maximum Gasteiger partial charge on any atom is 0.251 e. The van der Waals surface area contributed by atoms with Gasteiger partial charge in [0.05, 0.1) is 13.2 Å². The number of hydrogen-bond donors (Lipinski definition) is 2. The Morgan fingerprint density at radius 3 is 2.83 bits per heavy atom. The molecule has 1 aromatic carbocycles. The van der Waals surface area contributed by atoms with Crippen LogP contribution >= 0.6 is 0 Å². The van der Waals surface area contributed by atoms with E-state index in [-0.39, 0.29) is 11.9 Å². The summed E-state index contributed by atoms with van der Waals surface area (Å²) in [6.45, 7) is 10.5. The largest absolute Gasteiger partial charge is 0.379 e. The fraction of sp³-hybridized carbons (Fsp3) is 0.636. The van der Waals surface area contributed by atoms with Gasteiger partial charge in [-0.15, -0.1) is 0 Å². The molecule has 2 saturated heterocycles. The van der Waals surface area contributed by atoms with E-state index in [1.54, 1.807) is 0 Å². The third kappa shape index (κ3) is 5.93. The summed E-state index contributed by atoms with van der Waals surface area (Å²) in [6.07, 6.45) is 2.08. The molecule has 2 unspecified atom stereocenters. The molecular weight excluding hydrogens is 366 g/mol. The summed E-state index contributed by atoms with van der Waals surface area (Å²) in [4.78, 5) is 21.7. The van der Waals surface area contributed by atoms with E-state index in [0.29, 0.717) is 18.2 Å². The first kappa shape index (κ1) is 21.6. The van der Waals surface area contributed by atoms with Crippen LogP contribution in [0.2, 0.25) is 0 Å². The minimum absolute atomic E-state index is 0.0153. The summed E-state index contributed by atoms with van der Waals surface area (Å²) >= 11 is 0. The number of likely N-dealkylation sites (tertiary alicyclic amines) is 1. The first-order valence-electron chi connectivity index (χ1n) is 10.8. The van der Waals surface area contributed by atoms with Crippen LogP contribution in [0, 0.1) is 0 Å². The second-order valence-electron chi connectivity index (χ2n) is 7.92. The molecule has 0 aliphatic carbocycles. The van der Waals surface area contributed by atoms with Crippen LogP contribution in [-0.2, 0) is 11.3 Å². The highest BCUT2D eigenvalue weighted by molar-refractivity contribution is 5.94. The highest BCUT2D eigenvalue weighted by Gasteiger charge is 2.30. The number of hydrogen-bond acceptors (Lipinski definition) is 4. The lowest BCUT2D eigenvalue weighted by Crippen LogP contribution is -2.46. The van der Waals surface area contributed by atoms with Crippen molar-refractivity contribution in [3.05, 3.63) is 35.4 Å². The van der Waals surface area contributed by atoms with Crippen molar-refractivity contribution in [2.24, 2.45) is 4.99 Å². The van der Waals surface area contributed by atoms with Gasteiger partial charge in [-0.05, 0) is 37.5 Å². The predicted molar refractivity (Wildman–Crippen MR) is 116 cm³/mol. The number of guanidine groups is 1. The van der Waals surface area contributed by atoms with E-state index < -0.39 is 0 Å². The standard InChI is InChI=1S/C22H35N5O2/c1-4-17(2)25-21(28)19-7-5-6-18(14-19)15-24-22(23-3)27-9-8-20(16-27)26-10-12-29-13-11-26/h5-7,14,17,20H,4,8-13,15-16H2,1-3H3,(H,23,24)(H,25,28). The quantitative estimate of drug-likeness (QED) is 0.561. The van der Waals surface area contributed by atoms with Gasteiger partial charge in [-0.3, -0.25) is 14.7 Å². The van der Waals surface area contributed by atoms with Crippen LogP contribution in [0.5, 0.6) is 0 Å². The number of carbonyl (C=O) groups excluding carboxylic acids is 1. The minimum Gasteiger partial charge on any atom is -0.379 e. The molecule has 160 valence electrons. The van der Waals surface area contributed by atoms with Crippen LogP contribution < -0.4 is 10.6 Å². The Morgan fingerprint density at radius 1 is 1.31 bits per heavy atom. The van der Waals surface area contributed by atoms with Crippen LogP contribution in [0.25, 0.3) is 0 Å². The molecule has 2 fully saturated rings. The molecule has 0 saturated carbocycles. The number of carbonyl (C=O) groups is 1. The average Bonchev–Trinajstić information content (AvgIpc) is 3.25. The molecule has 2 aliphatic heterocycles. The number of nitrogens with zero attached hydrogens (tertiary/aromatic N) is 3. The third-order valence-electron chi connectivity index (χ3n) is 5.87. The Labute approximate surface area is 174 Å². The molecule has 7 nitrogen and oxygen atoms in total. The smallest absolute Gasteiger partial charge is 0.251 e. The maximum atomic E-state index is 12.4. The number of amides is 1. The summed E-state index contributed by atoms with van der Waals surface area (Å²) in [7, 11) is 1.83.